The van der Waals surface area contributed by atoms with Crippen molar-refractivity contribution < 1.29 is 17.9 Å². The van der Waals surface area contributed by atoms with Crippen molar-refractivity contribution in [2.24, 2.45) is 0 Å². The molecule has 8 nitrogen and oxygen atoms in total. The molecular formula is C27H29ClN4O4S. The summed E-state index contributed by atoms with van der Waals surface area (Å²) < 4.78 is 36.3. The maximum Gasteiger partial charge on any atom is 0.236 e. The zero-order valence-electron chi connectivity index (χ0n) is 21.2. The van der Waals surface area contributed by atoms with E-state index in [1.165, 1.54) is 12.4 Å². The first-order chi connectivity index (χ1) is 17.4. The first-order valence-corrected chi connectivity index (χ1v) is 13.7. The molecule has 2 aromatic carbocycles. The predicted octanol–water partition coefficient (Wildman–Crippen LogP) is 5.62. The standard InChI is InChI=1S/C27H29ClN4O4S/c1-18(2)10-11-35-25-20(14-29)12-22(13-24(25)28)27(3,4)21-6-8-23(9-7-21)36-17-19-15-30-26(31-16-19)32-37(5,33)34/h6-9,12-13,15-16H,1,10-11,17H2,2-5H3,(H,30,31,32). The fraction of sp³-hybridized carbons (Fsp3) is 0.296. The Hall–Kier alpha value is -3.61. The predicted molar refractivity (Wildman–Crippen MR) is 144 cm³/mol. The Morgan fingerprint density at radius 3 is 2.35 bits per heavy atom. The number of nitrogens with one attached hydrogen (secondary N) is 1. The molecule has 0 amide bonds. The highest BCUT2D eigenvalue weighted by atomic mass is 35.5. The molecule has 0 spiro atoms. The van der Waals surface area contributed by atoms with Crippen molar-refractivity contribution in [2.75, 3.05) is 17.6 Å². The molecule has 0 saturated carbocycles. The third-order valence-corrected chi connectivity index (χ3v) is 6.46. The number of rotatable bonds is 11. The summed E-state index contributed by atoms with van der Waals surface area (Å²) in [5.41, 5.74) is 3.52. The minimum atomic E-state index is -3.44. The van der Waals surface area contributed by atoms with Crippen LogP contribution in [0.25, 0.3) is 0 Å². The van der Waals surface area contributed by atoms with Crippen LogP contribution in [-0.2, 0) is 22.0 Å². The monoisotopic (exact) mass is 540 g/mol. The summed E-state index contributed by atoms with van der Waals surface area (Å²) in [7, 11) is -3.44. The molecule has 10 heteroatoms. The van der Waals surface area contributed by atoms with E-state index in [1.54, 1.807) is 0 Å². The Labute approximate surface area is 223 Å². The normalized spacial score (nSPS) is 11.5. The lowest BCUT2D eigenvalue weighted by atomic mass is 9.77. The summed E-state index contributed by atoms with van der Waals surface area (Å²) in [5.74, 6) is 1.04. The molecule has 0 saturated heterocycles. The van der Waals surface area contributed by atoms with E-state index in [1.807, 2.05) is 43.3 Å². The van der Waals surface area contributed by atoms with Gasteiger partial charge in [0.25, 0.3) is 0 Å². The van der Waals surface area contributed by atoms with Gasteiger partial charge in [-0.3, -0.25) is 4.72 Å². The minimum Gasteiger partial charge on any atom is -0.490 e. The van der Waals surface area contributed by atoms with E-state index < -0.39 is 15.4 Å². The number of nitriles is 1. The van der Waals surface area contributed by atoms with Crippen LogP contribution < -0.4 is 14.2 Å². The molecule has 0 aliphatic rings. The summed E-state index contributed by atoms with van der Waals surface area (Å²) in [6, 6.07) is 13.5. The smallest absolute Gasteiger partial charge is 0.236 e. The van der Waals surface area contributed by atoms with Crippen LogP contribution in [0.3, 0.4) is 0 Å². The van der Waals surface area contributed by atoms with E-state index in [9.17, 15) is 13.7 Å². The number of hydrogen-bond donors (Lipinski definition) is 1. The van der Waals surface area contributed by atoms with Gasteiger partial charge in [-0.25, -0.2) is 18.4 Å². The molecule has 1 N–H and O–H groups in total. The van der Waals surface area contributed by atoms with Crippen molar-refractivity contribution in [1.82, 2.24) is 9.97 Å². The fourth-order valence-corrected chi connectivity index (χ4v) is 4.17. The van der Waals surface area contributed by atoms with E-state index in [-0.39, 0.29) is 12.6 Å². The highest BCUT2D eigenvalue weighted by Gasteiger charge is 2.26. The lowest BCUT2D eigenvalue weighted by Gasteiger charge is -2.27. The van der Waals surface area contributed by atoms with Gasteiger partial charge in [0.1, 0.15) is 18.4 Å². The first-order valence-electron chi connectivity index (χ1n) is 11.4. The maximum atomic E-state index is 11.3. The number of anilines is 1. The third kappa shape index (κ3) is 7.68. The Balaban J connectivity index is 1.71. The van der Waals surface area contributed by atoms with Gasteiger partial charge in [-0.15, -0.1) is 6.58 Å². The lowest BCUT2D eigenvalue weighted by Crippen LogP contribution is -2.19. The van der Waals surface area contributed by atoms with Crippen LogP contribution in [0.15, 0.2) is 60.9 Å². The molecule has 37 heavy (non-hydrogen) atoms. The second-order valence-electron chi connectivity index (χ2n) is 9.23. The van der Waals surface area contributed by atoms with Crippen molar-refractivity contribution in [3.8, 4) is 17.6 Å². The van der Waals surface area contributed by atoms with Gasteiger partial charge in [0, 0.05) is 29.8 Å². The van der Waals surface area contributed by atoms with E-state index in [2.05, 4.69) is 41.2 Å². The van der Waals surface area contributed by atoms with Gasteiger partial charge in [-0.1, -0.05) is 43.2 Å². The molecule has 0 aliphatic carbocycles. The van der Waals surface area contributed by atoms with E-state index in [4.69, 9.17) is 21.1 Å². The Bertz CT molecular complexity index is 1410. The van der Waals surface area contributed by atoms with Crippen molar-refractivity contribution in [1.29, 1.82) is 5.26 Å². The fourth-order valence-electron chi connectivity index (χ4n) is 3.46. The average Bonchev–Trinajstić information content (AvgIpc) is 2.83. The number of ether oxygens (including phenoxy) is 2. The van der Waals surface area contributed by atoms with Crippen molar-refractivity contribution in [3.05, 3.63) is 88.2 Å². The number of halogens is 1. The number of benzene rings is 2. The number of aromatic nitrogens is 2. The van der Waals surface area contributed by atoms with Crippen molar-refractivity contribution in [3.63, 3.8) is 0 Å². The van der Waals surface area contributed by atoms with Crippen molar-refractivity contribution >= 4 is 27.6 Å². The quantitative estimate of drug-likeness (QED) is 0.314. The Morgan fingerprint density at radius 1 is 1.14 bits per heavy atom. The molecular weight excluding hydrogens is 512 g/mol. The zero-order valence-corrected chi connectivity index (χ0v) is 22.8. The number of hydrogen-bond acceptors (Lipinski definition) is 7. The van der Waals surface area contributed by atoms with Crippen LogP contribution in [0.2, 0.25) is 5.02 Å². The summed E-state index contributed by atoms with van der Waals surface area (Å²) in [5, 5.41) is 10.1. The molecule has 3 rings (SSSR count). The molecule has 1 heterocycles. The third-order valence-electron chi connectivity index (χ3n) is 5.62. The van der Waals surface area contributed by atoms with Gasteiger partial charge in [0.2, 0.25) is 16.0 Å². The molecule has 0 atom stereocenters. The second-order valence-corrected chi connectivity index (χ2v) is 11.4. The van der Waals surface area contributed by atoms with Gasteiger partial charge < -0.3 is 9.47 Å². The van der Waals surface area contributed by atoms with Crippen LogP contribution in [0.5, 0.6) is 11.5 Å². The van der Waals surface area contributed by atoms with Crippen molar-refractivity contribution in [2.45, 2.75) is 39.2 Å². The topological polar surface area (TPSA) is 114 Å². The molecule has 0 bridgehead atoms. The molecule has 1 aromatic heterocycles. The number of nitrogens with zero attached hydrogens (tertiary/aromatic N) is 3. The second kappa shape index (κ2) is 11.6. The molecule has 194 valence electrons. The highest BCUT2D eigenvalue weighted by molar-refractivity contribution is 7.91. The molecule has 0 unspecified atom stereocenters. The molecule has 3 aromatic rings. The largest absolute Gasteiger partial charge is 0.490 e. The first kappa shape index (κ1) is 28.0. The van der Waals surface area contributed by atoms with Crippen LogP contribution >= 0.6 is 11.6 Å². The van der Waals surface area contributed by atoms with E-state index in [0.717, 1.165) is 23.0 Å². The Morgan fingerprint density at radius 2 is 1.78 bits per heavy atom. The minimum absolute atomic E-state index is 0.00366. The summed E-state index contributed by atoms with van der Waals surface area (Å²) >= 11 is 6.53. The Kier molecular flexibility index (Phi) is 8.79. The van der Waals surface area contributed by atoms with Gasteiger partial charge in [-0.2, -0.15) is 5.26 Å². The highest BCUT2D eigenvalue weighted by Crippen LogP contribution is 2.38. The van der Waals surface area contributed by atoms with Gasteiger partial charge in [-0.05, 0) is 42.3 Å². The molecule has 0 radical (unpaired) electrons. The van der Waals surface area contributed by atoms with Gasteiger partial charge in [0.15, 0.2) is 5.75 Å². The summed E-state index contributed by atoms with van der Waals surface area (Å²) in [6.07, 6.45) is 4.72. The SMILES string of the molecule is C=C(C)CCOc1c(Cl)cc(C(C)(C)c2ccc(OCc3cnc(NS(C)(=O)=O)nc3)cc2)cc1C#N. The van der Waals surface area contributed by atoms with E-state index >= 15 is 0 Å². The zero-order chi connectivity index (χ0) is 27.2. The molecule has 0 aliphatic heterocycles. The van der Waals surface area contributed by atoms with E-state index in [0.29, 0.717) is 40.7 Å². The van der Waals surface area contributed by atoms with Gasteiger partial charge >= 0.3 is 0 Å². The number of sulfonamides is 1. The maximum absolute atomic E-state index is 11.3. The molecule has 0 fully saturated rings. The van der Waals surface area contributed by atoms with Crippen LogP contribution in [0, 0.1) is 11.3 Å². The average molecular weight is 541 g/mol. The lowest BCUT2D eigenvalue weighted by molar-refractivity contribution is 0.305. The van der Waals surface area contributed by atoms with Crippen LogP contribution in [0.1, 0.15) is 49.4 Å². The van der Waals surface area contributed by atoms with Crippen LogP contribution in [-0.4, -0.2) is 31.2 Å². The summed E-state index contributed by atoms with van der Waals surface area (Å²) in [4.78, 5) is 7.96. The summed E-state index contributed by atoms with van der Waals surface area (Å²) in [6.45, 7) is 10.5. The van der Waals surface area contributed by atoms with Gasteiger partial charge in [0.05, 0.1) is 23.4 Å². The van der Waals surface area contributed by atoms with Crippen LogP contribution in [0.4, 0.5) is 5.95 Å².